The molecule has 0 aromatic heterocycles. The van der Waals surface area contributed by atoms with Crippen LogP contribution in [0.5, 0.6) is 0 Å². The number of hydrogen-bond donors (Lipinski definition) is 2. The molecular weight excluding hydrogens is 564 g/mol. The van der Waals surface area contributed by atoms with Crippen molar-refractivity contribution in [2.45, 2.75) is 213 Å². The van der Waals surface area contributed by atoms with Gasteiger partial charge in [-0.3, -0.25) is 9.11 Å². The molecule has 0 aliphatic carbocycles. The lowest BCUT2D eigenvalue weighted by Crippen LogP contribution is -2.02. The molecule has 0 spiro atoms. The predicted molar refractivity (Wildman–Crippen MR) is 193 cm³/mol. The second kappa shape index (κ2) is 32.0. The fourth-order valence-corrected chi connectivity index (χ4v) is 6.34. The van der Waals surface area contributed by atoms with E-state index in [9.17, 15) is 0 Å². The largest absolute Gasteiger partial charge is 0.394 e. The van der Waals surface area contributed by atoms with Crippen molar-refractivity contribution in [1.82, 2.24) is 0 Å². The fourth-order valence-electron chi connectivity index (χ4n) is 6.34. The summed E-state index contributed by atoms with van der Waals surface area (Å²) in [7, 11) is -4.67. The highest BCUT2D eigenvalue weighted by atomic mass is 32.3. The number of benzene rings is 1. The van der Waals surface area contributed by atoms with Crippen LogP contribution in [0.4, 0.5) is 0 Å². The smallest absolute Gasteiger partial charge is 0.264 e. The van der Waals surface area contributed by atoms with E-state index in [-0.39, 0.29) is 0 Å². The van der Waals surface area contributed by atoms with Crippen molar-refractivity contribution >= 4 is 10.4 Å². The molecule has 1 aromatic rings. The minimum absolute atomic E-state index is 1.31. The molecule has 0 heterocycles. The van der Waals surface area contributed by atoms with Gasteiger partial charge in [-0.15, -0.1) is 0 Å². The van der Waals surface area contributed by atoms with Crippen LogP contribution in [0.3, 0.4) is 0 Å². The average molecular weight is 639 g/mol. The van der Waals surface area contributed by atoms with Gasteiger partial charge in [-0.25, -0.2) is 0 Å². The molecule has 0 aliphatic rings. The molecule has 260 valence electrons. The topological polar surface area (TPSA) is 74.6 Å². The summed E-state index contributed by atoms with van der Waals surface area (Å²) in [5.74, 6) is 0. The van der Waals surface area contributed by atoms with Gasteiger partial charge in [-0.05, 0) is 55.2 Å². The van der Waals surface area contributed by atoms with Gasteiger partial charge >= 0.3 is 10.4 Å². The van der Waals surface area contributed by atoms with E-state index < -0.39 is 10.4 Å². The molecule has 0 atom stereocenters. The van der Waals surface area contributed by atoms with E-state index in [4.69, 9.17) is 17.5 Å². The minimum atomic E-state index is -4.67. The summed E-state index contributed by atoms with van der Waals surface area (Å²) in [5, 5.41) is 0. The zero-order valence-electron chi connectivity index (χ0n) is 29.6. The van der Waals surface area contributed by atoms with Gasteiger partial charge in [0.2, 0.25) is 0 Å². The Balaban J connectivity index is 0.00000340. The highest BCUT2D eigenvalue weighted by Crippen LogP contribution is 2.24. The van der Waals surface area contributed by atoms with Gasteiger partial charge in [0.05, 0.1) is 0 Å². The summed E-state index contributed by atoms with van der Waals surface area (Å²) >= 11 is 0. The molecular formula is C39H74O4S. The maximum absolute atomic E-state index is 8.74. The molecule has 0 saturated carbocycles. The number of unbranched alkanes of at least 4 members (excludes halogenated alkanes) is 24. The molecule has 0 bridgehead atoms. The molecule has 0 amide bonds. The van der Waals surface area contributed by atoms with E-state index in [0.717, 1.165) is 0 Å². The SMILES string of the molecule is CCCCCCCCCCCc1cccc(CCCCCCCCCCC)c1CCCCCCCCCCC.O=S(=O)(O)O. The molecule has 1 rings (SSSR count). The predicted octanol–water partition coefficient (Wildman–Crippen LogP) is 13.3. The standard InChI is InChI=1S/C39H72.H2O4S/c1-4-7-10-13-16-19-22-25-28-32-37-34-31-35-38(33-29-26-23-20-17-14-11-8-5-2)39(37)36-30-27-24-21-18-15-12-9-6-3;1-5(2,3)4/h31,34-35H,4-30,32-33,36H2,1-3H3;(H2,1,2,3,4). The van der Waals surface area contributed by atoms with Crippen LogP contribution >= 0.6 is 0 Å². The zero-order valence-corrected chi connectivity index (χ0v) is 30.4. The van der Waals surface area contributed by atoms with Gasteiger partial charge in [0.25, 0.3) is 0 Å². The first-order valence-electron chi connectivity index (χ1n) is 19.1. The second-order valence-corrected chi connectivity index (χ2v) is 14.1. The highest BCUT2D eigenvalue weighted by Gasteiger charge is 2.09. The van der Waals surface area contributed by atoms with Crippen LogP contribution in [-0.2, 0) is 29.7 Å². The molecule has 0 aliphatic heterocycles. The van der Waals surface area contributed by atoms with Gasteiger partial charge < -0.3 is 0 Å². The van der Waals surface area contributed by atoms with Crippen molar-refractivity contribution in [1.29, 1.82) is 0 Å². The molecule has 4 nitrogen and oxygen atoms in total. The van der Waals surface area contributed by atoms with Crippen molar-refractivity contribution in [3.8, 4) is 0 Å². The van der Waals surface area contributed by atoms with Crippen molar-refractivity contribution in [3.05, 3.63) is 34.9 Å². The van der Waals surface area contributed by atoms with Crippen molar-refractivity contribution < 1.29 is 17.5 Å². The van der Waals surface area contributed by atoms with Gasteiger partial charge in [-0.2, -0.15) is 8.42 Å². The van der Waals surface area contributed by atoms with Crippen molar-refractivity contribution in [2.24, 2.45) is 0 Å². The van der Waals surface area contributed by atoms with E-state index in [1.807, 2.05) is 0 Å². The quantitative estimate of drug-likeness (QED) is 0.0649. The van der Waals surface area contributed by atoms with Gasteiger partial charge in [0.15, 0.2) is 0 Å². The Morgan fingerprint density at radius 1 is 0.409 bits per heavy atom. The summed E-state index contributed by atoms with van der Waals surface area (Å²) in [6, 6.07) is 7.34. The Bertz CT molecular complexity index is 788. The maximum Gasteiger partial charge on any atom is 0.394 e. The van der Waals surface area contributed by atoms with Crippen LogP contribution in [-0.4, -0.2) is 17.5 Å². The number of aryl methyl sites for hydroxylation is 2. The molecule has 44 heavy (non-hydrogen) atoms. The molecule has 0 unspecified atom stereocenters. The summed E-state index contributed by atoms with van der Waals surface area (Å²) in [6.07, 6.45) is 42.5. The zero-order chi connectivity index (χ0) is 32.6. The van der Waals surface area contributed by atoms with Crippen LogP contribution in [0.1, 0.15) is 211 Å². The molecule has 5 heteroatoms. The molecule has 2 N–H and O–H groups in total. The minimum Gasteiger partial charge on any atom is -0.264 e. The van der Waals surface area contributed by atoms with Gasteiger partial charge in [-0.1, -0.05) is 193 Å². The Kier molecular flexibility index (Phi) is 31.4. The average Bonchev–Trinajstić information content (AvgIpc) is 2.98. The highest BCUT2D eigenvalue weighted by molar-refractivity contribution is 7.79. The molecule has 0 fully saturated rings. The van der Waals surface area contributed by atoms with Gasteiger partial charge in [0.1, 0.15) is 0 Å². The normalized spacial score (nSPS) is 11.5. The lowest BCUT2D eigenvalue weighted by molar-refractivity contribution is 0.381. The summed E-state index contributed by atoms with van der Waals surface area (Å²) in [4.78, 5) is 0. The lowest BCUT2D eigenvalue weighted by atomic mass is 9.90. The van der Waals surface area contributed by atoms with Crippen LogP contribution < -0.4 is 0 Å². The van der Waals surface area contributed by atoms with E-state index in [1.54, 1.807) is 16.7 Å². The van der Waals surface area contributed by atoms with E-state index in [1.165, 1.54) is 193 Å². The maximum atomic E-state index is 8.74. The number of rotatable bonds is 30. The summed E-state index contributed by atoms with van der Waals surface area (Å²) in [5.41, 5.74) is 5.16. The Morgan fingerprint density at radius 2 is 0.636 bits per heavy atom. The third kappa shape index (κ3) is 31.1. The van der Waals surface area contributed by atoms with E-state index in [2.05, 4.69) is 39.0 Å². The monoisotopic (exact) mass is 639 g/mol. The molecule has 0 saturated heterocycles. The first-order chi connectivity index (χ1) is 21.3. The van der Waals surface area contributed by atoms with Crippen LogP contribution in [0.25, 0.3) is 0 Å². The first kappa shape index (κ1) is 43.1. The third-order valence-electron chi connectivity index (χ3n) is 9.00. The van der Waals surface area contributed by atoms with Crippen molar-refractivity contribution in [3.63, 3.8) is 0 Å². The number of hydrogen-bond acceptors (Lipinski definition) is 2. The van der Waals surface area contributed by atoms with Crippen LogP contribution in [0.15, 0.2) is 18.2 Å². The van der Waals surface area contributed by atoms with E-state index in [0.29, 0.717) is 0 Å². The fraction of sp³-hybridized carbons (Fsp3) is 0.846. The van der Waals surface area contributed by atoms with Crippen molar-refractivity contribution in [2.75, 3.05) is 0 Å². The van der Waals surface area contributed by atoms with Gasteiger partial charge in [0, 0.05) is 0 Å². The molecule has 0 radical (unpaired) electrons. The molecule has 1 aromatic carbocycles. The third-order valence-corrected chi connectivity index (χ3v) is 9.00. The summed E-state index contributed by atoms with van der Waals surface area (Å²) < 4.78 is 31.6. The van der Waals surface area contributed by atoms with Crippen LogP contribution in [0, 0.1) is 0 Å². The van der Waals surface area contributed by atoms with E-state index >= 15 is 0 Å². The Labute approximate surface area is 275 Å². The summed E-state index contributed by atoms with van der Waals surface area (Å²) in [6.45, 7) is 6.95. The lowest BCUT2D eigenvalue weighted by Gasteiger charge is -2.16. The first-order valence-corrected chi connectivity index (χ1v) is 20.5. The van der Waals surface area contributed by atoms with Crippen LogP contribution in [0.2, 0.25) is 0 Å². The second-order valence-electron chi connectivity index (χ2n) is 13.2. The Hall–Kier alpha value is -0.910. The Morgan fingerprint density at radius 3 is 0.909 bits per heavy atom.